The summed E-state index contributed by atoms with van der Waals surface area (Å²) in [5, 5.41) is 17.6. The Hall–Kier alpha value is -1.14. The standard InChI is InChI=1S/C10H18N2O4/c11-9(5-7(13)14)3-1-2-4-10(9,12)6-8(15)16/h1-6,11-12H2,(H,13,14)(H,15,16). The molecule has 0 bridgehead atoms. The second-order valence-electron chi connectivity index (χ2n) is 4.66. The van der Waals surface area contributed by atoms with Crippen molar-refractivity contribution in [3.05, 3.63) is 0 Å². The molecule has 6 nitrogen and oxygen atoms in total. The van der Waals surface area contributed by atoms with Crippen LogP contribution in [-0.2, 0) is 9.59 Å². The van der Waals surface area contributed by atoms with Gasteiger partial charge in [-0.3, -0.25) is 9.59 Å². The topological polar surface area (TPSA) is 127 Å². The summed E-state index contributed by atoms with van der Waals surface area (Å²) in [6.45, 7) is 0. The summed E-state index contributed by atoms with van der Waals surface area (Å²) in [6, 6.07) is 0. The van der Waals surface area contributed by atoms with Crippen LogP contribution in [-0.4, -0.2) is 33.2 Å². The Labute approximate surface area is 93.6 Å². The van der Waals surface area contributed by atoms with Gasteiger partial charge in [-0.05, 0) is 12.8 Å². The van der Waals surface area contributed by atoms with Gasteiger partial charge < -0.3 is 21.7 Å². The molecule has 1 saturated carbocycles. The number of hydrogen-bond donors (Lipinski definition) is 4. The van der Waals surface area contributed by atoms with E-state index in [9.17, 15) is 9.59 Å². The van der Waals surface area contributed by atoms with E-state index in [0.29, 0.717) is 12.8 Å². The van der Waals surface area contributed by atoms with Gasteiger partial charge in [0, 0.05) is 11.1 Å². The molecule has 1 aliphatic rings. The molecule has 0 radical (unpaired) electrons. The Morgan fingerprint density at radius 1 is 0.938 bits per heavy atom. The minimum atomic E-state index is -1.12. The van der Waals surface area contributed by atoms with Crippen LogP contribution in [0.15, 0.2) is 0 Å². The second-order valence-corrected chi connectivity index (χ2v) is 4.66. The first-order valence-electron chi connectivity index (χ1n) is 5.30. The summed E-state index contributed by atoms with van der Waals surface area (Å²) in [4.78, 5) is 21.5. The lowest BCUT2D eigenvalue weighted by atomic mass is 9.65. The van der Waals surface area contributed by atoms with Gasteiger partial charge >= 0.3 is 11.9 Å². The average Bonchev–Trinajstić information content (AvgIpc) is 2.08. The largest absolute Gasteiger partial charge is 0.481 e. The summed E-state index contributed by atoms with van der Waals surface area (Å²) in [5.74, 6) is -2.07. The van der Waals surface area contributed by atoms with Crippen LogP contribution in [0.3, 0.4) is 0 Å². The molecular weight excluding hydrogens is 212 g/mol. The maximum atomic E-state index is 10.8. The van der Waals surface area contributed by atoms with Gasteiger partial charge in [0.25, 0.3) is 0 Å². The summed E-state index contributed by atoms with van der Waals surface area (Å²) in [7, 11) is 0. The van der Waals surface area contributed by atoms with Crippen molar-refractivity contribution in [2.24, 2.45) is 11.5 Å². The minimum Gasteiger partial charge on any atom is -0.481 e. The minimum absolute atomic E-state index is 0.281. The first-order valence-corrected chi connectivity index (χ1v) is 5.30. The van der Waals surface area contributed by atoms with E-state index >= 15 is 0 Å². The normalized spacial score (nSPS) is 34.6. The number of rotatable bonds is 4. The van der Waals surface area contributed by atoms with E-state index < -0.39 is 23.0 Å². The molecular formula is C10H18N2O4. The quantitative estimate of drug-likeness (QED) is 0.534. The third kappa shape index (κ3) is 2.51. The number of carboxylic acid groups (broad SMARTS) is 2. The van der Waals surface area contributed by atoms with E-state index in [1.807, 2.05) is 0 Å². The molecule has 0 aliphatic heterocycles. The highest BCUT2D eigenvalue weighted by Crippen LogP contribution is 2.38. The van der Waals surface area contributed by atoms with Crippen LogP contribution in [0.25, 0.3) is 0 Å². The predicted octanol–water partition coefficient (Wildman–Crippen LogP) is -0.0952. The average molecular weight is 230 g/mol. The number of nitrogens with two attached hydrogens (primary N) is 2. The number of carbonyl (C=O) groups is 2. The molecule has 1 rings (SSSR count). The van der Waals surface area contributed by atoms with Gasteiger partial charge in [-0.15, -0.1) is 0 Å². The Kier molecular flexibility index (Phi) is 3.54. The van der Waals surface area contributed by atoms with Crippen molar-refractivity contribution in [2.75, 3.05) is 0 Å². The monoisotopic (exact) mass is 230 g/mol. The van der Waals surface area contributed by atoms with E-state index in [0.717, 1.165) is 12.8 Å². The molecule has 16 heavy (non-hydrogen) atoms. The highest BCUT2D eigenvalue weighted by Gasteiger charge is 2.49. The molecule has 0 aromatic rings. The fourth-order valence-electron chi connectivity index (χ4n) is 2.45. The van der Waals surface area contributed by atoms with Crippen molar-refractivity contribution in [3.8, 4) is 0 Å². The smallest absolute Gasteiger partial charge is 0.305 e. The van der Waals surface area contributed by atoms with Gasteiger partial charge in [0.15, 0.2) is 0 Å². The van der Waals surface area contributed by atoms with Gasteiger partial charge in [-0.2, -0.15) is 0 Å². The highest BCUT2D eigenvalue weighted by atomic mass is 16.4. The lowest BCUT2D eigenvalue weighted by molar-refractivity contribution is -0.143. The SMILES string of the molecule is NC1(CC(=O)O)CCCCC1(N)CC(=O)O. The van der Waals surface area contributed by atoms with Crippen molar-refractivity contribution in [3.63, 3.8) is 0 Å². The van der Waals surface area contributed by atoms with Crippen molar-refractivity contribution in [1.82, 2.24) is 0 Å². The van der Waals surface area contributed by atoms with E-state index in [1.54, 1.807) is 0 Å². The van der Waals surface area contributed by atoms with Gasteiger partial charge in [0.2, 0.25) is 0 Å². The molecule has 0 heterocycles. The van der Waals surface area contributed by atoms with Crippen LogP contribution in [0.4, 0.5) is 0 Å². The number of carboxylic acids is 2. The molecule has 1 fully saturated rings. The fraction of sp³-hybridized carbons (Fsp3) is 0.800. The Morgan fingerprint density at radius 2 is 1.25 bits per heavy atom. The molecule has 0 aromatic heterocycles. The van der Waals surface area contributed by atoms with Crippen molar-refractivity contribution in [2.45, 2.75) is 49.6 Å². The van der Waals surface area contributed by atoms with Crippen LogP contribution in [0, 0.1) is 0 Å². The molecule has 0 aromatic carbocycles. The summed E-state index contributed by atoms with van der Waals surface area (Å²) in [5.41, 5.74) is 9.80. The molecule has 0 amide bonds. The maximum absolute atomic E-state index is 10.8. The fourth-order valence-corrected chi connectivity index (χ4v) is 2.45. The zero-order valence-electron chi connectivity index (χ0n) is 9.11. The number of hydrogen-bond acceptors (Lipinski definition) is 4. The van der Waals surface area contributed by atoms with Gasteiger partial charge in [-0.25, -0.2) is 0 Å². The first-order chi connectivity index (χ1) is 7.29. The van der Waals surface area contributed by atoms with Crippen LogP contribution in [0.2, 0.25) is 0 Å². The first kappa shape index (κ1) is 12.9. The van der Waals surface area contributed by atoms with Gasteiger partial charge in [-0.1, -0.05) is 12.8 Å². The van der Waals surface area contributed by atoms with E-state index in [2.05, 4.69) is 0 Å². The molecule has 2 unspecified atom stereocenters. The van der Waals surface area contributed by atoms with Gasteiger partial charge in [0.1, 0.15) is 0 Å². The zero-order chi connectivity index (χ0) is 12.4. The lowest BCUT2D eigenvalue weighted by Gasteiger charge is -2.48. The van der Waals surface area contributed by atoms with Crippen molar-refractivity contribution < 1.29 is 19.8 Å². The van der Waals surface area contributed by atoms with E-state index in [-0.39, 0.29) is 12.8 Å². The second kappa shape index (κ2) is 4.39. The third-order valence-electron chi connectivity index (χ3n) is 3.42. The molecule has 1 aliphatic carbocycles. The molecule has 6 N–H and O–H groups in total. The lowest BCUT2D eigenvalue weighted by Crippen LogP contribution is -2.68. The van der Waals surface area contributed by atoms with E-state index in [1.165, 1.54) is 0 Å². The highest BCUT2D eigenvalue weighted by molar-refractivity contribution is 5.71. The van der Waals surface area contributed by atoms with Crippen LogP contribution in [0.1, 0.15) is 38.5 Å². The molecule has 2 atom stereocenters. The summed E-state index contributed by atoms with van der Waals surface area (Å²) >= 11 is 0. The molecule has 92 valence electrons. The van der Waals surface area contributed by atoms with Crippen LogP contribution < -0.4 is 11.5 Å². The van der Waals surface area contributed by atoms with Crippen LogP contribution >= 0.6 is 0 Å². The Morgan fingerprint density at radius 3 is 1.50 bits per heavy atom. The molecule has 6 heteroatoms. The number of aliphatic carboxylic acids is 2. The maximum Gasteiger partial charge on any atom is 0.305 e. The van der Waals surface area contributed by atoms with E-state index in [4.69, 9.17) is 21.7 Å². The Balaban J connectivity index is 2.92. The summed E-state index contributed by atoms with van der Waals surface area (Å²) < 4.78 is 0. The van der Waals surface area contributed by atoms with Crippen molar-refractivity contribution in [1.29, 1.82) is 0 Å². The summed E-state index contributed by atoms with van der Waals surface area (Å²) in [6.07, 6.45) is 1.95. The van der Waals surface area contributed by atoms with Crippen molar-refractivity contribution >= 4 is 11.9 Å². The zero-order valence-corrected chi connectivity index (χ0v) is 9.11. The molecule has 0 saturated heterocycles. The molecule has 0 spiro atoms. The third-order valence-corrected chi connectivity index (χ3v) is 3.42. The predicted molar refractivity (Wildman–Crippen MR) is 56.8 cm³/mol. The Bertz CT molecular complexity index is 277. The van der Waals surface area contributed by atoms with Gasteiger partial charge in [0.05, 0.1) is 12.8 Å². The van der Waals surface area contributed by atoms with Crippen LogP contribution in [0.5, 0.6) is 0 Å².